The van der Waals surface area contributed by atoms with Gasteiger partial charge in [0, 0.05) is 17.8 Å². The molecule has 0 bridgehead atoms. The molecule has 9 heteroatoms. The van der Waals surface area contributed by atoms with E-state index in [2.05, 4.69) is 10.6 Å². The molecule has 150 valence electrons. The highest BCUT2D eigenvalue weighted by molar-refractivity contribution is 5.97. The van der Waals surface area contributed by atoms with Crippen LogP contribution in [0.2, 0.25) is 0 Å². The Kier molecular flexibility index (Phi) is 9.38. The highest BCUT2D eigenvalue weighted by Crippen LogP contribution is 2.16. The molecule has 0 aliphatic carbocycles. The number of nitrogens with zero attached hydrogens (tertiary/aromatic N) is 1. The second-order valence-corrected chi connectivity index (χ2v) is 6.87. The third-order valence-electron chi connectivity index (χ3n) is 3.99. The molecule has 0 unspecified atom stereocenters. The van der Waals surface area contributed by atoms with Gasteiger partial charge in [-0.3, -0.25) is 19.7 Å². The summed E-state index contributed by atoms with van der Waals surface area (Å²) in [7, 11) is 0. The molecule has 9 nitrogen and oxygen atoms in total. The highest BCUT2D eigenvalue weighted by atomic mass is 16.6. The lowest BCUT2D eigenvalue weighted by Crippen LogP contribution is -2.50. The molecule has 0 aliphatic heterocycles. The molecule has 1 aromatic carbocycles. The highest BCUT2D eigenvalue weighted by Gasteiger charge is 2.24. The Hall–Kier alpha value is -2.52. The lowest BCUT2D eigenvalue weighted by molar-refractivity contribution is -0.384. The molecule has 1 aromatic rings. The van der Waals surface area contributed by atoms with E-state index in [0.29, 0.717) is 31.5 Å². The third kappa shape index (κ3) is 8.14. The zero-order valence-corrected chi connectivity index (χ0v) is 15.8. The van der Waals surface area contributed by atoms with Gasteiger partial charge in [-0.25, -0.2) is 0 Å². The molecule has 0 saturated carbocycles. The fraction of sp³-hybridized carbons (Fsp3) is 0.556. The minimum Gasteiger partial charge on any atom is -0.343 e. The van der Waals surface area contributed by atoms with Crippen LogP contribution in [0.5, 0.6) is 0 Å². The van der Waals surface area contributed by atoms with Crippen LogP contribution in [-0.4, -0.2) is 35.4 Å². The van der Waals surface area contributed by atoms with E-state index >= 15 is 0 Å². The van der Waals surface area contributed by atoms with Crippen LogP contribution in [-0.2, 0) is 9.59 Å². The number of unbranched alkanes of at least 4 members (excludes halogenated alkanes) is 1. The number of nitrogens with two attached hydrogens (primary N) is 2. The predicted octanol–water partition coefficient (Wildman–Crippen LogP) is 1.52. The summed E-state index contributed by atoms with van der Waals surface area (Å²) in [6.07, 6.45) is 2.35. The molecule has 0 spiro atoms. The molecular weight excluding hydrogens is 350 g/mol. The van der Waals surface area contributed by atoms with Gasteiger partial charge in [0.25, 0.3) is 5.69 Å². The number of amides is 2. The molecule has 0 aliphatic rings. The Morgan fingerprint density at radius 1 is 1.15 bits per heavy atom. The van der Waals surface area contributed by atoms with Gasteiger partial charge in [0.2, 0.25) is 11.8 Å². The number of nitro benzene ring substituents is 1. The Balaban J connectivity index is 2.77. The average Bonchev–Trinajstić information content (AvgIpc) is 2.60. The number of benzene rings is 1. The predicted molar refractivity (Wildman–Crippen MR) is 104 cm³/mol. The summed E-state index contributed by atoms with van der Waals surface area (Å²) in [5.41, 5.74) is 11.7. The van der Waals surface area contributed by atoms with E-state index in [1.807, 2.05) is 13.8 Å². The summed E-state index contributed by atoms with van der Waals surface area (Å²) in [6, 6.07) is 4.05. The number of hydrogen-bond donors (Lipinski definition) is 4. The minimum absolute atomic E-state index is 0.0690. The van der Waals surface area contributed by atoms with Gasteiger partial charge in [-0.2, -0.15) is 0 Å². The molecule has 2 amide bonds. The van der Waals surface area contributed by atoms with Crippen LogP contribution in [0.25, 0.3) is 0 Å². The van der Waals surface area contributed by atoms with Crippen molar-refractivity contribution in [2.45, 2.75) is 51.6 Å². The molecular formula is C18H29N5O4. The van der Waals surface area contributed by atoms with Crippen LogP contribution in [0.3, 0.4) is 0 Å². The SMILES string of the molecule is CC(C)C[C@H](N)C(=O)N[C@@H](CCCCN)C(=O)Nc1ccc([N+](=O)[O-])cc1. The normalized spacial score (nSPS) is 13.1. The number of non-ortho nitro benzene ring substituents is 1. The first-order valence-electron chi connectivity index (χ1n) is 9.06. The van der Waals surface area contributed by atoms with Crippen LogP contribution in [0.1, 0.15) is 39.5 Å². The molecule has 0 heterocycles. The number of rotatable bonds is 11. The summed E-state index contributed by atoms with van der Waals surface area (Å²) in [6.45, 7) is 4.43. The van der Waals surface area contributed by atoms with E-state index in [4.69, 9.17) is 11.5 Å². The zero-order valence-electron chi connectivity index (χ0n) is 15.8. The summed E-state index contributed by atoms with van der Waals surface area (Å²) >= 11 is 0. The molecule has 0 radical (unpaired) electrons. The van der Waals surface area contributed by atoms with E-state index in [1.165, 1.54) is 24.3 Å². The molecule has 6 N–H and O–H groups in total. The minimum atomic E-state index is -0.752. The lowest BCUT2D eigenvalue weighted by atomic mass is 10.0. The standard InChI is InChI=1S/C18H29N5O4/c1-12(2)11-15(20)17(24)22-16(5-3-4-10-19)18(25)21-13-6-8-14(9-7-13)23(26)27/h6-9,12,15-16H,3-5,10-11,19-20H2,1-2H3,(H,21,25)(H,22,24)/t15-,16-/m0/s1. The van der Waals surface area contributed by atoms with Crippen molar-refractivity contribution in [2.24, 2.45) is 17.4 Å². The van der Waals surface area contributed by atoms with E-state index in [1.54, 1.807) is 0 Å². The van der Waals surface area contributed by atoms with Crippen molar-refractivity contribution < 1.29 is 14.5 Å². The van der Waals surface area contributed by atoms with E-state index in [0.717, 1.165) is 6.42 Å². The topological polar surface area (TPSA) is 153 Å². The lowest BCUT2D eigenvalue weighted by Gasteiger charge is -2.21. The molecule has 0 fully saturated rings. The van der Waals surface area contributed by atoms with Crippen molar-refractivity contribution in [3.05, 3.63) is 34.4 Å². The maximum atomic E-state index is 12.6. The van der Waals surface area contributed by atoms with E-state index in [-0.39, 0.29) is 17.5 Å². The van der Waals surface area contributed by atoms with Crippen LogP contribution >= 0.6 is 0 Å². The summed E-state index contributed by atoms with van der Waals surface area (Å²) in [5, 5.41) is 16.1. The second kappa shape index (κ2) is 11.2. The van der Waals surface area contributed by atoms with Crippen molar-refractivity contribution in [1.82, 2.24) is 5.32 Å². The van der Waals surface area contributed by atoms with Gasteiger partial charge in [-0.15, -0.1) is 0 Å². The van der Waals surface area contributed by atoms with Crippen LogP contribution < -0.4 is 22.1 Å². The number of nitro groups is 1. The van der Waals surface area contributed by atoms with E-state index < -0.39 is 22.9 Å². The zero-order chi connectivity index (χ0) is 20.4. The number of hydrogen-bond acceptors (Lipinski definition) is 6. The second-order valence-electron chi connectivity index (χ2n) is 6.87. The van der Waals surface area contributed by atoms with Crippen molar-refractivity contribution >= 4 is 23.2 Å². The monoisotopic (exact) mass is 379 g/mol. The van der Waals surface area contributed by atoms with Crippen molar-refractivity contribution in [3.8, 4) is 0 Å². The smallest absolute Gasteiger partial charge is 0.269 e. The molecule has 0 saturated heterocycles. The maximum Gasteiger partial charge on any atom is 0.269 e. The van der Waals surface area contributed by atoms with Gasteiger partial charge in [-0.05, 0) is 50.3 Å². The first kappa shape index (κ1) is 22.5. The quantitative estimate of drug-likeness (QED) is 0.260. The van der Waals surface area contributed by atoms with E-state index in [9.17, 15) is 19.7 Å². The summed E-state index contributed by atoms with van der Waals surface area (Å²) in [4.78, 5) is 35.0. The summed E-state index contributed by atoms with van der Waals surface area (Å²) in [5.74, 6) is -0.512. The fourth-order valence-corrected chi connectivity index (χ4v) is 2.55. The van der Waals surface area contributed by atoms with Crippen molar-refractivity contribution in [1.29, 1.82) is 0 Å². The number of anilines is 1. The van der Waals surface area contributed by atoms with Gasteiger partial charge >= 0.3 is 0 Å². The van der Waals surface area contributed by atoms with Gasteiger partial charge in [0.15, 0.2) is 0 Å². The molecule has 27 heavy (non-hydrogen) atoms. The van der Waals surface area contributed by atoms with Gasteiger partial charge in [-0.1, -0.05) is 13.8 Å². The van der Waals surface area contributed by atoms with Gasteiger partial charge in [0.1, 0.15) is 6.04 Å². The molecule has 2 atom stereocenters. The van der Waals surface area contributed by atoms with Gasteiger partial charge in [0.05, 0.1) is 11.0 Å². The Labute approximate surface area is 159 Å². The average molecular weight is 379 g/mol. The number of carbonyl (C=O) groups is 2. The third-order valence-corrected chi connectivity index (χ3v) is 3.99. The first-order valence-corrected chi connectivity index (χ1v) is 9.06. The molecule has 1 rings (SSSR count). The Bertz CT molecular complexity index is 633. The van der Waals surface area contributed by atoms with Gasteiger partial charge < -0.3 is 22.1 Å². The largest absolute Gasteiger partial charge is 0.343 e. The number of carbonyl (C=O) groups excluding carboxylic acids is 2. The Morgan fingerprint density at radius 2 is 1.78 bits per heavy atom. The van der Waals surface area contributed by atoms with Crippen LogP contribution in [0.4, 0.5) is 11.4 Å². The summed E-state index contributed by atoms with van der Waals surface area (Å²) < 4.78 is 0. The van der Waals surface area contributed by atoms with Crippen LogP contribution in [0.15, 0.2) is 24.3 Å². The first-order chi connectivity index (χ1) is 12.7. The molecule has 0 aromatic heterocycles. The van der Waals surface area contributed by atoms with Crippen LogP contribution in [0, 0.1) is 16.0 Å². The maximum absolute atomic E-state index is 12.6. The number of nitrogens with one attached hydrogen (secondary N) is 2. The fourth-order valence-electron chi connectivity index (χ4n) is 2.55. The van der Waals surface area contributed by atoms with Crippen molar-refractivity contribution in [3.63, 3.8) is 0 Å². The Morgan fingerprint density at radius 3 is 2.30 bits per heavy atom. The van der Waals surface area contributed by atoms with Crippen molar-refractivity contribution in [2.75, 3.05) is 11.9 Å².